The van der Waals surface area contributed by atoms with Gasteiger partial charge in [0.15, 0.2) is 11.5 Å². The Bertz CT molecular complexity index is 1620. The Labute approximate surface area is 343 Å². The second-order valence-corrected chi connectivity index (χ2v) is 14.3. The second kappa shape index (κ2) is 20.5. The van der Waals surface area contributed by atoms with Gasteiger partial charge in [0, 0.05) is 55.7 Å². The second-order valence-electron chi connectivity index (χ2n) is 14.3. The third-order valence-electron chi connectivity index (χ3n) is 10.7. The van der Waals surface area contributed by atoms with Gasteiger partial charge < -0.3 is 80.6 Å². The summed E-state index contributed by atoms with van der Waals surface area (Å²) in [6.07, 6.45) is 6.85. The number of quaternary nitrogens is 2. The number of hydrogen-bond acceptors (Lipinski definition) is 7. The Kier molecular flexibility index (Phi) is 17.2. The topological polar surface area (TPSA) is 80.3 Å². The quantitative estimate of drug-likeness (QED) is 0.0646. The number of likely N-dealkylation sites (tertiary alicyclic amines) is 1. The number of ether oxygens (including phenoxy) is 5. The van der Waals surface area contributed by atoms with Crippen molar-refractivity contribution in [2.24, 2.45) is 5.92 Å². The van der Waals surface area contributed by atoms with E-state index in [0.717, 1.165) is 84.6 Å². The lowest BCUT2D eigenvalue weighted by atomic mass is 9.86. The van der Waals surface area contributed by atoms with Gasteiger partial charge in [0.25, 0.3) is 0 Å². The summed E-state index contributed by atoms with van der Waals surface area (Å²) in [5.74, 6) is 1.57. The van der Waals surface area contributed by atoms with Crippen LogP contribution in [0.2, 0.25) is 0 Å². The van der Waals surface area contributed by atoms with Gasteiger partial charge in [0.05, 0.1) is 74.8 Å². The van der Waals surface area contributed by atoms with Crippen LogP contribution >= 0.6 is 0 Å². The number of nitrogens with zero attached hydrogens (tertiary/aromatic N) is 2. The molecule has 2 heterocycles. The summed E-state index contributed by atoms with van der Waals surface area (Å²) in [6, 6.07) is 23.2. The molecule has 5 rings (SSSR count). The van der Waals surface area contributed by atoms with E-state index in [9.17, 15) is 9.59 Å². The van der Waals surface area contributed by atoms with Crippen molar-refractivity contribution in [3.05, 3.63) is 101 Å². The molecule has 0 aliphatic carbocycles. The minimum absolute atomic E-state index is 0. The van der Waals surface area contributed by atoms with E-state index in [0.29, 0.717) is 18.9 Å². The highest BCUT2D eigenvalue weighted by molar-refractivity contribution is 5.91. The van der Waals surface area contributed by atoms with Crippen LogP contribution in [0.4, 0.5) is 0 Å². The minimum Gasteiger partial charge on any atom is -1.00 e. The Morgan fingerprint density at radius 1 is 0.788 bits per heavy atom. The normalized spacial score (nSPS) is 22.0. The molecule has 0 bridgehead atoms. The fourth-order valence-corrected chi connectivity index (χ4v) is 7.63. The molecule has 9 nitrogen and oxygen atoms in total. The number of methoxy groups -OCH3 is 3. The fraction of sp³-hybridized carbons (Fsp3) is 0.463. The first-order valence-corrected chi connectivity index (χ1v) is 17.7. The molecule has 4 unspecified atom stereocenters. The van der Waals surface area contributed by atoms with Crippen molar-refractivity contribution in [3.8, 4) is 17.2 Å². The number of likely N-dealkylation sites (N-methyl/N-ethyl adjacent to an activating group) is 2. The monoisotopic (exact) mass is 940 g/mol. The van der Waals surface area contributed by atoms with Gasteiger partial charge in [-0.3, -0.25) is 0 Å². The van der Waals surface area contributed by atoms with E-state index >= 15 is 0 Å². The largest absolute Gasteiger partial charge is 1.00 e. The number of fused-ring (bicyclic) bond motifs is 1. The molecule has 0 aromatic heterocycles. The summed E-state index contributed by atoms with van der Waals surface area (Å²) in [5.41, 5.74) is 5.08. The molecule has 4 atom stereocenters. The Hall–Kier alpha value is -2.88. The van der Waals surface area contributed by atoms with E-state index in [1.54, 1.807) is 21.3 Å². The molecule has 0 amide bonds. The average molecular weight is 941 g/mol. The third-order valence-corrected chi connectivity index (χ3v) is 10.7. The highest BCUT2D eigenvalue weighted by atomic mass is 127. The number of benzene rings is 3. The average Bonchev–Trinajstić information content (AvgIpc) is 3.53. The van der Waals surface area contributed by atoms with Crippen LogP contribution in [-0.2, 0) is 38.3 Å². The van der Waals surface area contributed by atoms with Gasteiger partial charge in [-0.2, -0.15) is 0 Å². The summed E-state index contributed by atoms with van der Waals surface area (Å²) in [4.78, 5) is 24.9. The zero-order valence-corrected chi connectivity index (χ0v) is 35.5. The summed E-state index contributed by atoms with van der Waals surface area (Å²) < 4.78 is 29.5. The molecule has 284 valence electrons. The van der Waals surface area contributed by atoms with Crippen molar-refractivity contribution in [2.45, 2.75) is 38.1 Å². The van der Waals surface area contributed by atoms with Crippen LogP contribution in [0.25, 0.3) is 0 Å². The molecular formula is C41H54I2N2O7. The van der Waals surface area contributed by atoms with Crippen molar-refractivity contribution >= 4 is 11.9 Å². The van der Waals surface area contributed by atoms with Gasteiger partial charge in [-0.25, -0.2) is 9.59 Å². The van der Waals surface area contributed by atoms with Crippen LogP contribution in [0.15, 0.2) is 78.9 Å². The zero-order valence-electron chi connectivity index (χ0n) is 31.2. The lowest BCUT2D eigenvalue weighted by molar-refractivity contribution is -0.941. The first kappa shape index (κ1) is 43.5. The number of hydrogen-bond donors (Lipinski definition) is 0. The van der Waals surface area contributed by atoms with Crippen molar-refractivity contribution in [2.75, 3.05) is 81.4 Å². The molecule has 0 radical (unpaired) electrons. The molecule has 2 aliphatic rings. The number of carbonyl (C=O) groups is 2. The third kappa shape index (κ3) is 11.8. The van der Waals surface area contributed by atoms with Crippen LogP contribution in [0.5, 0.6) is 17.2 Å². The van der Waals surface area contributed by atoms with Crippen LogP contribution in [0, 0.1) is 5.92 Å². The molecule has 0 saturated carbocycles. The van der Waals surface area contributed by atoms with Crippen molar-refractivity contribution in [1.82, 2.24) is 0 Å². The highest BCUT2D eigenvalue weighted by Crippen LogP contribution is 2.42. The van der Waals surface area contributed by atoms with Gasteiger partial charge in [-0.15, -0.1) is 0 Å². The first-order valence-electron chi connectivity index (χ1n) is 17.7. The Morgan fingerprint density at radius 2 is 1.46 bits per heavy atom. The molecule has 0 N–H and O–H groups in total. The summed E-state index contributed by atoms with van der Waals surface area (Å²) >= 11 is 0. The fourth-order valence-electron chi connectivity index (χ4n) is 7.63. The lowest BCUT2D eigenvalue weighted by Gasteiger charge is -2.46. The molecule has 1 saturated heterocycles. The SMILES string of the molecule is COc1ccc(CC2c3cc(OC)c(OC)cc3CC[N+]2(C)CCCOC(=O)C=CC(=O)OCC2CC[N+](C)(CCc3ccccc3)C2)cc1.[I-].[I-]. The molecule has 3 aromatic rings. The van der Waals surface area contributed by atoms with E-state index in [-0.39, 0.29) is 60.6 Å². The molecule has 11 heteroatoms. The number of rotatable bonds is 16. The number of esters is 2. The minimum atomic E-state index is -0.536. The van der Waals surface area contributed by atoms with Crippen LogP contribution in [-0.4, -0.2) is 102 Å². The smallest absolute Gasteiger partial charge is 0.331 e. The van der Waals surface area contributed by atoms with Crippen molar-refractivity contribution < 1.29 is 90.2 Å². The van der Waals surface area contributed by atoms with Gasteiger partial charge in [0.1, 0.15) is 18.4 Å². The standard InChI is InChI=1S/C41H54N2O7.2HI/c1-42(22-18-31-10-7-6-8-11-31)23-19-33(29-42)30-50-41(45)17-16-40(44)49-25-9-21-43(2)24-20-34-27-38(47-4)39(48-5)28-36(34)37(43)26-32-12-14-35(46-3)15-13-32;;/h6-8,10-17,27-28,33,37H,9,18-26,29-30H2,1-5H3;2*1H/q+2;;/p-2. The number of halogens is 2. The summed E-state index contributed by atoms with van der Waals surface area (Å²) in [5, 5.41) is 0. The summed E-state index contributed by atoms with van der Waals surface area (Å²) in [7, 11) is 9.57. The number of carbonyl (C=O) groups excluding carboxylic acids is 2. The maximum absolute atomic E-state index is 12.5. The van der Waals surface area contributed by atoms with Crippen LogP contribution < -0.4 is 62.2 Å². The maximum Gasteiger partial charge on any atom is 0.331 e. The van der Waals surface area contributed by atoms with Gasteiger partial charge >= 0.3 is 11.9 Å². The van der Waals surface area contributed by atoms with E-state index in [1.807, 2.05) is 18.2 Å². The van der Waals surface area contributed by atoms with E-state index < -0.39 is 11.9 Å². The molecule has 0 spiro atoms. The Balaban J connectivity index is 0.00000364. The van der Waals surface area contributed by atoms with Gasteiger partial charge in [-0.1, -0.05) is 42.5 Å². The molecule has 1 fully saturated rings. The van der Waals surface area contributed by atoms with Crippen LogP contribution in [0.1, 0.15) is 41.1 Å². The predicted molar refractivity (Wildman–Crippen MR) is 193 cm³/mol. The van der Waals surface area contributed by atoms with Gasteiger partial charge in [-0.05, 0) is 41.0 Å². The first-order chi connectivity index (χ1) is 24.1. The van der Waals surface area contributed by atoms with E-state index in [2.05, 4.69) is 62.6 Å². The molecular weight excluding hydrogens is 886 g/mol. The molecule has 3 aromatic carbocycles. The van der Waals surface area contributed by atoms with Crippen LogP contribution in [0.3, 0.4) is 0 Å². The zero-order chi connectivity index (χ0) is 35.6. The predicted octanol–water partition coefficient (Wildman–Crippen LogP) is -0.251. The highest BCUT2D eigenvalue weighted by Gasteiger charge is 2.40. The summed E-state index contributed by atoms with van der Waals surface area (Å²) in [6.45, 7) is 5.52. The Morgan fingerprint density at radius 3 is 2.13 bits per heavy atom. The maximum atomic E-state index is 12.5. The van der Waals surface area contributed by atoms with Gasteiger partial charge in [0.2, 0.25) is 0 Å². The van der Waals surface area contributed by atoms with E-state index in [1.165, 1.54) is 34.4 Å². The molecule has 52 heavy (non-hydrogen) atoms. The lowest BCUT2D eigenvalue weighted by Crippen LogP contribution is -3.00. The van der Waals surface area contributed by atoms with Crippen molar-refractivity contribution in [3.63, 3.8) is 0 Å². The van der Waals surface area contributed by atoms with Crippen molar-refractivity contribution in [1.29, 1.82) is 0 Å². The van der Waals surface area contributed by atoms with E-state index in [4.69, 9.17) is 23.7 Å². The molecule has 2 aliphatic heterocycles.